The third-order valence-corrected chi connectivity index (χ3v) is 8.94. The van der Waals surface area contributed by atoms with E-state index in [9.17, 15) is 14.7 Å². The molecular weight excluding hydrogens is 703 g/mol. The number of allylic oxidation sites excluding steroid dienone is 1. The highest BCUT2D eigenvalue weighted by atomic mass is 19.2. The second-order valence-corrected chi connectivity index (χ2v) is 13.6. The number of nitrogens with one attached hydrogen (secondary N) is 1. The fraction of sp³-hybridized carbons (Fsp3) is 0.190. The third kappa shape index (κ3) is 9.01. The summed E-state index contributed by atoms with van der Waals surface area (Å²) in [6.07, 6.45) is 0.804. The fourth-order valence-electron chi connectivity index (χ4n) is 6.16. The number of rotatable bonds is 13. The van der Waals surface area contributed by atoms with Gasteiger partial charge in [0, 0.05) is 41.0 Å². The molecule has 4 aromatic carbocycles. The van der Waals surface area contributed by atoms with Crippen LogP contribution < -0.4 is 14.8 Å². The van der Waals surface area contributed by atoms with Crippen LogP contribution in [-0.2, 0) is 4.79 Å². The Morgan fingerprint density at radius 1 is 0.855 bits per heavy atom. The van der Waals surface area contributed by atoms with Crippen molar-refractivity contribution in [1.82, 2.24) is 14.7 Å². The van der Waals surface area contributed by atoms with E-state index < -0.39 is 24.9 Å². The van der Waals surface area contributed by atoms with Crippen LogP contribution in [-0.4, -0.2) is 77.8 Å². The first-order valence-corrected chi connectivity index (χ1v) is 17.6. The summed E-state index contributed by atoms with van der Waals surface area (Å²) in [5.41, 5.74) is 4.21. The van der Waals surface area contributed by atoms with E-state index in [0.29, 0.717) is 50.7 Å². The van der Waals surface area contributed by atoms with Gasteiger partial charge in [-0.25, -0.2) is 14.8 Å². The number of ether oxygens (including phenoxy) is 2. The van der Waals surface area contributed by atoms with Gasteiger partial charge in [0.2, 0.25) is 0 Å². The summed E-state index contributed by atoms with van der Waals surface area (Å²) in [5, 5.41) is 12.2. The SMILES string of the molecule is COc1ccc(-c2cc(-c3ccccc3)n(B(F)F)c2N=C2N=C(c3ccccc3)C=C2c2ccc(OCC(=O)NCCN(C(=O)O)C(C)(C)C)cc2)cc1. The summed E-state index contributed by atoms with van der Waals surface area (Å²) in [7, 11) is -1.36. The Balaban J connectivity index is 1.32. The molecule has 6 rings (SSSR count). The summed E-state index contributed by atoms with van der Waals surface area (Å²) in [5.74, 6) is 0.928. The molecule has 280 valence electrons. The van der Waals surface area contributed by atoms with Gasteiger partial charge in [-0.15, -0.1) is 0 Å². The molecule has 10 nitrogen and oxygen atoms in total. The van der Waals surface area contributed by atoms with E-state index in [4.69, 9.17) is 19.5 Å². The van der Waals surface area contributed by atoms with Crippen LogP contribution in [0.5, 0.6) is 11.5 Å². The summed E-state index contributed by atoms with van der Waals surface area (Å²) in [4.78, 5) is 35.1. The zero-order valence-electron chi connectivity index (χ0n) is 30.9. The Kier molecular flexibility index (Phi) is 11.6. The minimum Gasteiger partial charge on any atom is -0.497 e. The monoisotopic (exact) mass is 743 g/mol. The molecule has 1 aliphatic rings. The minimum absolute atomic E-state index is 0.0397. The van der Waals surface area contributed by atoms with Gasteiger partial charge >= 0.3 is 13.5 Å². The quantitative estimate of drug-likeness (QED) is 0.117. The number of aliphatic imine (C=N–C) groups is 2. The highest BCUT2D eigenvalue weighted by Gasteiger charge is 2.30. The number of carbonyl (C=O) groups is 2. The average molecular weight is 744 g/mol. The van der Waals surface area contributed by atoms with Gasteiger partial charge in [-0.3, -0.25) is 13.4 Å². The number of carboxylic acid groups (broad SMARTS) is 1. The van der Waals surface area contributed by atoms with Crippen LogP contribution in [0.3, 0.4) is 0 Å². The average Bonchev–Trinajstić information content (AvgIpc) is 3.78. The van der Waals surface area contributed by atoms with Crippen molar-refractivity contribution in [3.8, 4) is 33.9 Å². The molecule has 0 atom stereocenters. The van der Waals surface area contributed by atoms with Crippen molar-refractivity contribution in [2.24, 2.45) is 9.98 Å². The van der Waals surface area contributed by atoms with E-state index in [-0.39, 0.29) is 31.3 Å². The molecule has 13 heteroatoms. The predicted molar refractivity (Wildman–Crippen MR) is 213 cm³/mol. The molecule has 0 spiro atoms. The van der Waals surface area contributed by atoms with Crippen molar-refractivity contribution < 1.29 is 32.8 Å². The second-order valence-electron chi connectivity index (χ2n) is 13.6. The highest BCUT2D eigenvalue weighted by molar-refractivity contribution is 6.43. The first kappa shape index (κ1) is 38.2. The lowest BCUT2D eigenvalue weighted by molar-refractivity contribution is -0.123. The number of nitrogens with zero attached hydrogens (tertiary/aromatic N) is 4. The van der Waals surface area contributed by atoms with Crippen molar-refractivity contribution >= 4 is 42.3 Å². The van der Waals surface area contributed by atoms with Gasteiger partial charge in [0.25, 0.3) is 5.91 Å². The largest absolute Gasteiger partial charge is 0.679 e. The van der Waals surface area contributed by atoms with Gasteiger partial charge in [-0.05, 0) is 73.9 Å². The summed E-state index contributed by atoms with van der Waals surface area (Å²) < 4.78 is 42.3. The maximum atomic E-state index is 15.2. The molecule has 2 amide bonds. The van der Waals surface area contributed by atoms with Crippen molar-refractivity contribution in [3.05, 3.63) is 132 Å². The van der Waals surface area contributed by atoms with Crippen LogP contribution in [0, 0.1) is 0 Å². The van der Waals surface area contributed by atoms with Crippen LogP contribution in [0.4, 0.5) is 19.2 Å². The third-order valence-electron chi connectivity index (χ3n) is 8.94. The van der Waals surface area contributed by atoms with E-state index in [1.807, 2.05) is 54.6 Å². The van der Waals surface area contributed by atoms with Crippen molar-refractivity contribution in [2.45, 2.75) is 26.3 Å². The molecule has 0 saturated heterocycles. The maximum absolute atomic E-state index is 15.2. The normalized spacial score (nSPS) is 13.2. The number of aromatic nitrogens is 1. The molecule has 0 radical (unpaired) electrons. The molecule has 2 heterocycles. The molecule has 0 fully saturated rings. The summed E-state index contributed by atoms with van der Waals surface area (Å²) >= 11 is 0. The molecule has 5 aromatic rings. The lowest BCUT2D eigenvalue weighted by Crippen LogP contribution is -2.48. The number of amides is 2. The fourth-order valence-corrected chi connectivity index (χ4v) is 6.16. The molecule has 2 N–H and O–H groups in total. The van der Waals surface area contributed by atoms with Gasteiger partial charge in [0.15, 0.2) is 12.4 Å². The number of hydrogen-bond acceptors (Lipinski definition) is 5. The number of methoxy groups -OCH3 is 1. The highest BCUT2D eigenvalue weighted by Crippen LogP contribution is 2.41. The van der Waals surface area contributed by atoms with E-state index in [2.05, 4.69) is 5.32 Å². The van der Waals surface area contributed by atoms with E-state index in [0.717, 1.165) is 10.0 Å². The molecule has 55 heavy (non-hydrogen) atoms. The van der Waals surface area contributed by atoms with E-state index in [1.54, 1.807) is 94.6 Å². The smallest absolute Gasteiger partial charge is 0.497 e. The Bertz CT molecular complexity index is 2230. The number of carbonyl (C=O) groups excluding carboxylic acids is 1. The van der Waals surface area contributed by atoms with Gasteiger partial charge in [-0.2, -0.15) is 0 Å². The van der Waals surface area contributed by atoms with Crippen LogP contribution >= 0.6 is 0 Å². The zero-order valence-corrected chi connectivity index (χ0v) is 30.9. The number of amidine groups is 1. The van der Waals surface area contributed by atoms with Gasteiger partial charge in [-0.1, -0.05) is 84.9 Å². The molecule has 0 unspecified atom stereocenters. The summed E-state index contributed by atoms with van der Waals surface area (Å²) in [6.45, 7) is 5.33. The van der Waals surface area contributed by atoms with Gasteiger partial charge in [0.1, 0.15) is 17.3 Å². The van der Waals surface area contributed by atoms with Crippen molar-refractivity contribution in [2.75, 3.05) is 26.8 Å². The Labute approximate surface area is 318 Å². The molecule has 0 aliphatic carbocycles. The van der Waals surface area contributed by atoms with Crippen molar-refractivity contribution in [1.29, 1.82) is 0 Å². The topological polar surface area (TPSA) is 118 Å². The minimum atomic E-state index is -2.92. The van der Waals surface area contributed by atoms with Crippen LogP contribution in [0.1, 0.15) is 31.9 Å². The van der Waals surface area contributed by atoms with E-state index in [1.165, 1.54) is 4.90 Å². The zero-order chi connectivity index (χ0) is 39.1. The second kappa shape index (κ2) is 16.7. The van der Waals surface area contributed by atoms with Crippen molar-refractivity contribution in [3.63, 3.8) is 0 Å². The first-order chi connectivity index (χ1) is 26.4. The van der Waals surface area contributed by atoms with Crippen LogP contribution in [0.15, 0.2) is 131 Å². The molecule has 0 bridgehead atoms. The Morgan fingerprint density at radius 2 is 1.45 bits per heavy atom. The number of halogens is 2. The van der Waals surface area contributed by atoms with Gasteiger partial charge < -0.3 is 29.3 Å². The standard InChI is InChI=1S/C42H40BF2N5O5/c1-42(2,3)49(41(52)53)24-23-46-38(51)27-55-33-21-17-28(18-22-33)34-25-36(30-11-7-5-8-12-30)47-39(34)48-40-35(29-15-19-32(54-4)20-16-29)26-37(50(40)43(44)45)31-13-9-6-10-14-31/h5-22,25-26H,23-24,27H2,1-4H3,(H,46,51)(H,52,53). The maximum Gasteiger partial charge on any atom is 0.679 e. The molecule has 0 saturated carbocycles. The predicted octanol–water partition coefficient (Wildman–Crippen LogP) is 8.49. The van der Waals surface area contributed by atoms with E-state index >= 15 is 8.63 Å². The molecule has 1 aliphatic heterocycles. The first-order valence-electron chi connectivity index (χ1n) is 17.6. The van der Waals surface area contributed by atoms with Crippen LogP contribution in [0.2, 0.25) is 0 Å². The molecule has 1 aromatic heterocycles. The Morgan fingerprint density at radius 3 is 2.04 bits per heavy atom. The van der Waals surface area contributed by atoms with Crippen LogP contribution in [0.25, 0.3) is 28.0 Å². The number of hydrogen-bond donors (Lipinski definition) is 2. The van der Waals surface area contributed by atoms with Gasteiger partial charge in [0.05, 0.1) is 12.8 Å². The lowest BCUT2D eigenvalue weighted by atomic mass is 10.0. The Hall–Kier alpha value is -6.50. The number of benzene rings is 4. The lowest BCUT2D eigenvalue weighted by Gasteiger charge is -2.33. The molecular formula is C42H40BF2N5O5. The summed E-state index contributed by atoms with van der Waals surface area (Å²) in [6, 6.07) is 34.4.